The Morgan fingerprint density at radius 2 is 1.25 bits per heavy atom. The molecule has 0 heterocycles. The molecule has 0 spiro atoms. The molecular formula is C16H19BO3. The normalized spacial score (nSPS) is 10.3. The summed E-state index contributed by atoms with van der Waals surface area (Å²) in [6, 6.07) is 19.0. The van der Waals surface area contributed by atoms with Gasteiger partial charge in [-0.3, -0.25) is 0 Å². The Balaban J connectivity index is 2.00. The fourth-order valence-corrected chi connectivity index (χ4v) is 1.58. The van der Waals surface area contributed by atoms with Gasteiger partial charge in [0, 0.05) is 6.61 Å². The highest BCUT2D eigenvalue weighted by atomic mass is 16.7. The van der Waals surface area contributed by atoms with Crippen LogP contribution in [-0.2, 0) is 4.65 Å². The topological polar surface area (TPSA) is 27.7 Å². The summed E-state index contributed by atoms with van der Waals surface area (Å²) in [5.74, 6) is 1.85. The lowest BCUT2D eigenvalue weighted by Gasteiger charge is -2.16. The van der Waals surface area contributed by atoms with Crippen molar-refractivity contribution in [2.24, 2.45) is 5.92 Å². The van der Waals surface area contributed by atoms with Gasteiger partial charge in [-0.15, -0.1) is 0 Å². The number of hydrogen-bond donors (Lipinski definition) is 0. The first-order chi connectivity index (χ1) is 9.74. The highest BCUT2D eigenvalue weighted by molar-refractivity contribution is 6.38. The van der Waals surface area contributed by atoms with E-state index >= 15 is 0 Å². The van der Waals surface area contributed by atoms with Gasteiger partial charge in [0.15, 0.2) is 0 Å². The van der Waals surface area contributed by atoms with Crippen molar-refractivity contribution in [1.82, 2.24) is 0 Å². The maximum absolute atomic E-state index is 5.72. The van der Waals surface area contributed by atoms with Gasteiger partial charge in [0.25, 0.3) is 0 Å². The molecule has 0 radical (unpaired) electrons. The second-order valence-electron chi connectivity index (χ2n) is 4.88. The van der Waals surface area contributed by atoms with E-state index in [1.807, 2.05) is 60.7 Å². The van der Waals surface area contributed by atoms with E-state index in [1.54, 1.807) is 0 Å². The lowest BCUT2D eigenvalue weighted by atomic mass is 10.1. The van der Waals surface area contributed by atoms with Gasteiger partial charge in [-0.2, -0.15) is 0 Å². The van der Waals surface area contributed by atoms with Gasteiger partial charge < -0.3 is 14.0 Å². The van der Waals surface area contributed by atoms with E-state index in [0.29, 0.717) is 12.5 Å². The van der Waals surface area contributed by atoms with Crippen LogP contribution < -0.4 is 9.31 Å². The van der Waals surface area contributed by atoms with Crippen LogP contribution in [-0.4, -0.2) is 13.9 Å². The first-order valence-electron chi connectivity index (χ1n) is 6.79. The predicted molar refractivity (Wildman–Crippen MR) is 80.7 cm³/mol. The van der Waals surface area contributed by atoms with Crippen molar-refractivity contribution in [1.29, 1.82) is 0 Å². The van der Waals surface area contributed by atoms with Crippen molar-refractivity contribution in [2.45, 2.75) is 13.8 Å². The Bertz CT molecular complexity index is 446. The van der Waals surface area contributed by atoms with Gasteiger partial charge >= 0.3 is 7.32 Å². The van der Waals surface area contributed by atoms with Crippen molar-refractivity contribution >= 4 is 7.32 Å². The molecule has 0 aromatic heterocycles. The highest BCUT2D eigenvalue weighted by Gasteiger charge is 2.27. The molecule has 20 heavy (non-hydrogen) atoms. The standard InChI is InChI=1S/C16H19BO3/c1-14(2)13-18-17(19-15-9-5-3-6-10-15)20-16-11-7-4-8-12-16/h3-12,14H,13H2,1-2H3. The largest absolute Gasteiger partial charge is 0.788 e. The van der Waals surface area contributed by atoms with E-state index in [0.717, 1.165) is 11.5 Å². The predicted octanol–water partition coefficient (Wildman–Crippen LogP) is 3.80. The summed E-state index contributed by atoms with van der Waals surface area (Å²) in [6.45, 7) is 4.74. The summed E-state index contributed by atoms with van der Waals surface area (Å²) in [7, 11) is -0.748. The number of rotatable bonds is 7. The van der Waals surface area contributed by atoms with Gasteiger partial charge in [0.2, 0.25) is 0 Å². The maximum atomic E-state index is 5.72. The molecule has 2 rings (SSSR count). The molecule has 2 aromatic carbocycles. The average Bonchev–Trinajstić information content (AvgIpc) is 2.47. The third-order valence-corrected chi connectivity index (χ3v) is 2.52. The molecule has 4 heteroatoms. The first-order valence-corrected chi connectivity index (χ1v) is 6.79. The number of benzene rings is 2. The molecule has 0 saturated heterocycles. The van der Waals surface area contributed by atoms with Gasteiger partial charge in [-0.05, 0) is 30.2 Å². The van der Waals surface area contributed by atoms with Gasteiger partial charge in [-0.25, -0.2) is 0 Å². The fraction of sp³-hybridized carbons (Fsp3) is 0.250. The van der Waals surface area contributed by atoms with Crippen LogP contribution in [0.3, 0.4) is 0 Å². The van der Waals surface area contributed by atoms with Crippen LogP contribution in [0, 0.1) is 5.92 Å². The number of para-hydroxylation sites is 2. The van der Waals surface area contributed by atoms with E-state index in [2.05, 4.69) is 13.8 Å². The van der Waals surface area contributed by atoms with Gasteiger partial charge in [0.05, 0.1) is 0 Å². The SMILES string of the molecule is CC(C)COB(Oc1ccccc1)Oc1ccccc1. The Hall–Kier alpha value is -1.94. The minimum absolute atomic E-state index is 0.413. The Labute approximate surface area is 120 Å². The van der Waals surface area contributed by atoms with Crippen LogP contribution in [0.4, 0.5) is 0 Å². The lowest BCUT2D eigenvalue weighted by Crippen LogP contribution is -2.35. The van der Waals surface area contributed by atoms with Crippen LogP contribution >= 0.6 is 0 Å². The second-order valence-corrected chi connectivity index (χ2v) is 4.88. The van der Waals surface area contributed by atoms with Crippen molar-refractivity contribution in [2.75, 3.05) is 6.61 Å². The van der Waals surface area contributed by atoms with Crippen LogP contribution in [0.1, 0.15) is 13.8 Å². The fourth-order valence-electron chi connectivity index (χ4n) is 1.58. The quantitative estimate of drug-likeness (QED) is 0.716. The average molecular weight is 270 g/mol. The summed E-state index contributed by atoms with van der Waals surface area (Å²) < 4.78 is 17.1. The minimum Gasteiger partial charge on any atom is -0.501 e. The van der Waals surface area contributed by atoms with Crippen molar-refractivity contribution in [3.63, 3.8) is 0 Å². The molecule has 0 saturated carbocycles. The van der Waals surface area contributed by atoms with E-state index in [9.17, 15) is 0 Å². The zero-order valence-corrected chi connectivity index (χ0v) is 11.9. The Kier molecular flexibility index (Phi) is 5.50. The lowest BCUT2D eigenvalue weighted by molar-refractivity contribution is 0.178. The molecule has 0 atom stereocenters. The summed E-state index contributed by atoms with van der Waals surface area (Å²) in [5, 5.41) is 0. The molecule has 104 valence electrons. The molecular weight excluding hydrogens is 251 g/mol. The zero-order valence-electron chi connectivity index (χ0n) is 11.9. The molecule has 0 bridgehead atoms. The van der Waals surface area contributed by atoms with Gasteiger partial charge in [0.1, 0.15) is 11.5 Å². The Morgan fingerprint density at radius 3 is 1.65 bits per heavy atom. The molecule has 0 aliphatic heterocycles. The molecule has 2 aromatic rings. The van der Waals surface area contributed by atoms with Crippen molar-refractivity contribution < 1.29 is 14.0 Å². The third-order valence-electron chi connectivity index (χ3n) is 2.52. The van der Waals surface area contributed by atoms with E-state index < -0.39 is 7.32 Å². The molecule has 0 fully saturated rings. The molecule has 0 amide bonds. The second kappa shape index (κ2) is 7.60. The monoisotopic (exact) mass is 270 g/mol. The smallest absolute Gasteiger partial charge is 0.501 e. The summed E-state index contributed by atoms with van der Waals surface area (Å²) in [4.78, 5) is 0. The third kappa shape index (κ3) is 4.98. The molecule has 3 nitrogen and oxygen atoms in total. The van der Waals surface area contributed by atoms with Crippen LogP contribution in [0.2, 0.25) is 0 Å². The van der Waals surface area contributed by atoms with Crippen LogP contribution in [0.25, 0.3) is 0 Å². The van der Waals surface area contributed by atoms with Crippen LogP contribution in [0.5, 0.6) is 11.5 Å². The molecule has 0 N–H and O–H groups in total. The van der Waals surface area contributed by atoms with E-state index in [1.165, 1.54) is 0 Å². The first kappa shape index (κ1) is 14.5. The molecule has 0 aliphatic carbocycles. The van der Waals surface area contributed by atoms with Crippen molar-refractivity contribution in [3.8, 4) is 11.5 Å². The highest BCUT2D eigenvalue weighted by Crippen LogP contribution is 2.15. The number of hydrogen-bond acceptors (Lipinski definition) is 3. The van der Waals surface area contributed by atoms with Crippen molar-refractivity contribution in [3.05, 3.63) is 60.7 Å². The summed E-state index contributed by atoms with van der Waals surface area (Å²) >= 11 is 0. The zero-order chi connectivity index (χ0) is 14.2. The minimum atomic E-state index is -0.748. The molecule has 0 unspecified atom stereocenters. The summed E-state index contributed by atoms with van der Waals surface area (Å²) in [6.07, 6.45) is 0. The Morgan fingerprint density at radius 1 is 0.800 bits per heavy atom. The molecule has 0 aliphatic rings. The van der Waals surface area contributed by atoms with Gasteiger partial charge in [-0.1, -0.05) is 50.2 Å². The summed E-state index contributed by atoms with van der Waals surface area (Å²) in [5.41, 5.74) is 0. The van der Waals surface area contributed by atoms with E-state index in [4.69, 9.17) is 14.0 Å². The van der Waals surface area contributed by atoms with Crippen LogP contribution in [0.15, 0.2) is 60.7 Å². The van der Waals surface area contributed by atoms with E-state index in [-0.39, 0.29) is 0 Å². The maximum Gasteiger partial charge on any atom is 0.788 e.